The van der Waals surface area contributed by atoms with Crippen molar-refractivity contribution in [2.75, 3.05) is 31.9 Å². The summed E-state index contributed by atoms with van der Waals surface area (Å²) in [6.07, 6.45) is 8.57. The van der Waals surface area contributed by atoms with Gasteiger partial charge in [0.2, 0.25) is 0 Å². The average molecular weight is 494 g/mol. The predicted octanol–water partition coefficient (Wildman–Crippen LogP) is 3.67. The zero-order chi connectivity index (χ0) is 24.4. The van der Waals surface area contributed by atoms with Crippen LogP contribution in [0, 0.1) is 0 Å². The summed E-state index contributed by atoms with van der Waals surface area (Å²) in [7, 11) is 0. The first-order valence-electron chi connectivity index (χ1n) is 12.3. The number of nitrogen functional groups attached to an aromatic ring is 1. The molecule has 2 fully saturated rings. The van der Waals surface area contributed by atoms with Gasteiger partial charge in [0.1, 0.15) is 5.82 Å². The van der Waals surface area contributed by atoms with E-state index < -0.39 is 0 Å². The number of benzene rings is 1. The minimum Gasteiger partial charge on any atom is -0.383 e. The van der Waals surface area contributed by atoms with Crippen molar-refractivity contribution >= 4 is 23.3 Å². The van der Waals surface area contributed by atoms with Gasteiger partial charge in [0.15, 0.2) is 0 Å². The SMILES string of the molecule is CC(c1ccccc1Cl)N1CC[C@@H](NC(=O)c2cc(-c3cnn(C4CCNCC4)c3)cnc2N)C1. The Morgan fingerprint density at radius 1 is 1.20 bits per heavy atom. The van der Waals surface area contributed by atoms with Crippen LogP contribution in [0.25, 0.3) is 11.1 Å². The van der Waals surface area contributed by atoms with Crippen molar-refractivity contribution in [2.24, 2.45) is 0 Å². The molecule has 0 bridgehead atoms. The van der Waals surface area contributed by atoms with Crippen LogP contribution in [-0.2, 0) is 0 Å². The molecule has 3 aromatic rings. The number of hydrogen-bond acceptors (Lipinski definition) is 6. The summed E-state index contributed by atoms with van der Waals surface area (Å²) in [5.41, 5.74) is 9.38. The Morgan fingerprint density at radius 2 is 2.00 bits per heavy atom. The minimum atomic E-state index is -0.195. The van der Waals surface area contributed by atoms with Gasteiger partial charge in [-0.3, -0.25) is 14.4 Å². The van der Waals surface area contributed by atoms with Crippen LogP contribution in [0.1, 0.15) is 54.2 Å². The number of carbonyl (C=O) groups is 1. The highest BCUT2D eigenvalue weighted by atomic mass is 35.5. The van der Waals surface area contributed by atoms with E-state index >= 15 is 0 Å². The van der Waals surface area contributed by atoms with Crippen LogP contribution in [0.5, 0.6) is 0 Å². The van der Waals surface area contributed by atoms with E-state index in [1.165, 1.54) is 0 Å². The van der Waals surface area contributed by atoms with E-state index in [0.29, 0.717) is 11.6 Å². The predicted molar refractivity (Wildman–Crippen MR) is 138 cm³/mol. The largest absolute Gasteiger partial charge is 0.383 e. The van der Waals surface area contributed by atoms with E-state index in [0.717, 1.165) is 67.2 Å². The first-order valence-corrected chi connectivity index (χ1v) is 12.7. The first-order chi connectivity index (χ1) is 17.0. The normalized spacial score (nSPS) is 20.1. The number of pyridine rings is 1. The molecular formula is C26H32ClN7O. The maximum absolute atomic E-state index is 13.2. The van der Waals surface area contributed by atoms with Gasteiger partial charge in [-0.25, -0.2) is 4.98 Å². The highest BCUT2D eigenvalue weighted by Crippen LogP contribution is 2.30. The Bertz CT molecular complexity index is 1190. The maximum Gasteiger partial charge on any atom is 0.255 e. The Morgan fingerprint density at radius 3 is 2.80 bits per heavy atom. The number of nitrogens with one attached hydrogen (secondary N) is 2. The van der Waals surface area contributed by atoms with Crippen molar-refractivity contribution in [3.8, 4) is 11.1 Å². The fourth-order valence-electron chi connectivity index (χ4n) is 5.10. The number of piperidine rings is 1. The molecular weight excluding hydrogens is 462 g/mol. The molecule has 184 valence electrons. The van der Waals surface area contributed by atoms with Crippen molar-refractivity contribution in [1.82, 2.24) is 30.3 Å². The van der Waals surface area contributed by atoms with E-state index in [1.54, 1.807) is 6.20 Å². The molecule has 2 saturated heterocycles. The molecule has 0 saturated carbocycles. The quantitative estimate of drug-likeness (QED) is 0.484. The molecule has 2 atom stereocenters. The van der Waals surface area contributed by atoms with E-state index in [2.05, 4.69) is 38.6 Å². The molecule has 9 heteroatoms. The third-order valence-corrected chi connectivity index (χ3v) is 7.58. The lowest BCUT2D eigenvalue weighted by atomic mass is 10.1. The monoisotopic (exact) mass is 493 g/mol. The smallest absolute Gasteiger partial charge is 0.255 e. The second-order valence-electron chi connectivity index (χ2n) is 9.50. The number of anilines is 1. The van der Waals surface area contributed by atoms with Crippen molar-refractivity contribution in [1.29, 1.82) is 0 Å². The van der Waals surface area contributed by atoms with Crippen molar-refractivity contribution in [3.63, 3.8) is 0 Å². The lowest BCUT2D eigenvalue weighted by molar-refractivity contribution is 0.0937. The molecule has 1 aromatic carbocycles. The van der Waals surface area contributed by atoms with Gasteiger partial charge in [0, 0.05) is 53.7 Å². The van der Waals surface area contributed by atoms with E-state index in [1.807, 2.05) is 41.3 Å². The van der Waals surface area contributed by atoms with E-state index in [4.69, 9.17) is 17.3 Å². The van der Waals surface area contributed by atoms with Gasteiger partial charge in [-0.1, -0.05) is 29.8 Å². The van der Waals surface area contributed by atoms with Gasteiger partial charge in [0.25, 0.3) is 5.91 Å². The maximum atomic E-state index is 13.2. The summed E-state index contributed by atoms with van der Waals surface area (Å²) in [5.74, 6) is 0.0381. The minimum absolute atomic E-state index is 0.0400. The molecule has 4 heterocycles. The van der Waals surface area contributed by atoms with Crippen LogP contribution < -0.4 is 16.4 Å². The summed E-state index contributed by atoms with van der Waals surface area (Å²) in [4.78, 5) is 19.8. The zero-order valence-corrected chi connectivity index (χ0v) is 20.7. The molecule has 2 aliphatic heterocycles. The first kappa shape index (κ1) is 23.8. The number of likely N-dealkylation sites (tertiary alicyclic amines) is 1. The molecule has 2 aromatic heterocycles. The van der Waals surface area contributed by atoms with Crippen LogP contribution >= 0.6 is 11.6 Å². The second-order valence-corrected chi connectivity index (χ2v) is 9.91. The molecule has 35 heavy (non-hydrogen) atoms. The molecule has 1 unspecified atom stereocenters. The van der Waals surface area contributed by atoms with Crippen LogP contribution in [0.3, 0.4) is 0 Å². The van der Waals surface area contributed by atoms with E-state index in [-0.39, 0.29) is 23.8 Å². The standard InChI is InChI=1S/C26H32ClN7O/c1-17(22-4-2-3-5-24(22)27)33-11-8-20(16-33)32-26(35)23-12-18(13-30-25(23)28)19-14-31-34(15-19)21-6-9-29-10-7-21/h2-5,12-15,17,20-21,29H,6-11,16H2,1H3,(H2,28,30)(H,32,35)/t17?,20-/m1/s1. The molecule has 2 aliphatic rings. The number of rotatable bonds is 6. The van der Waals surface area contributed by atoms with E-state index in [9.17, 15) is 4.79 Å². The molecule has 5 rings (SSSR count). The molecule has 0 aliphatic carbocycles. The number of aromatic nitrogens is 3. The molecule has 4 N–H and O–H groups in total. The molecule has 0 spiro atoms. The number of amides is 1. The number of nitrogens with zero attached hydrogens (tertiary/aromatic N) is 4. The fraction of sp³-hybridized carbons (Fsp3) is 0.423. The zero-order valence-electron chi connectivity index (χ0n) is 20.0. The summed E-state index contributed by atoms with van der Waals surface area (Å²) < 4.78 is 2.03. The van der Waals surface area contributed by atoms with Gasteiger partial charge in [-0.15, -0.1) is 0 Å². The highest BCUT2D eigenvalue weighted by molar-refractivity contribution is 6.31. The Balaban J connectivity index is 1.25. The Labute approximate surface area is 210 Å². The van der Waals surface area contributed by atoms with Gasteiger partial charge in [-0.05, 0) is 57.0 Å². The Kier molecular flexibility index (Phi) is 7.04. The lowest BCUT2D eigenvalue weighted by Crippen LogP contribution is -2.38. The Hall–Kier alpha value is -2.94. The second kappa shape index (κ2) is 10.4. The number of carbonyl (C=O) groups excluding carboxylic acids is 1. The van der Waals surface area contributed by atoms with Crippen molar-refractivity contribution in [2.45, 2.75) is 44.3 Å². The third kappa shape index (κ3) is 5.19. The van der Waals surface area contributed by atoms with Crippen LogP contribution in [0.4, 0.5) is 5.82 Å². The summed E-state index contributed by atoms with van der Waals surface area (Å²) in [6.45, 7) is 5.81. The number of hydrogen-bond donors (Lipinski definition) is 3. The average Bonchev–Trinajstić information content (AvgIpc) is 3.55. The number of halogens is 1. The van der Waals surface area contributed by atoms with Crippen molar-refractivity contribution in [3.05, 3.63) is 65.1 Å². The summed E-state index contributed by atoms with van der Waals surface area (Å²) >= 11 is 6.40. The van der Waals surface area contributed by atoms with Crippen LogP contribution in [0.15, 0.2) is 48.9 Å². The lowest BCUT2D eigenvalue weighted by Gasteiger charge is -2.25. The third-order valence-electron chi connectivity index (χ3n) is 7.24. The van der Waals surface area contributed by atoms with Gasteiger partial charge in [0.05, 0.1) is 17.8 Å². The van der Waals surface area contributed by atoms with Crippen LogP contribution in [-0.4, -0.2) is 57.8 Å². The fourth-order valence-corrected chi connectivity index (χ4v) is 5.40. The molecule has 8 nitrogen and oxygen atoms in total. The van der Waals surface area contributed by atoms with Crippen LogP contribution in [0.2, 0.25) is 5.02 Å². The van der Waals surface area contributed by atoms with Gasteiger partial charge in [-0.2, -0.15) is 5.10 Å². The van der Waals surface area contributed by atoms with Crippen molar-refractivity contribution < 1.29 is 4.79 Å². The highest BCUT2D eigenvalue weighted by Gasteiger charge is 2.29. The topological polar surface area (TPSA) is 101 Å². The number of nitrogens with two attached hydrogens (primary N) is 1. The van der Waals surface area contributed by atoms with Gasteiger partial charge < -0.3 is 16.4 Å². The summed E-state index contributed by atoms with van der Waals surface area (Å²) in [5, 5.41) is 11.9. The summed E-state index contributed by atoms with van der Waals surface area (Å²) in [6, 6.07) is 10.4. The molecule has 0 radical (unpaired) electrons. The molecule has 1 amide bonds. The van der Waals surface area contributed by atoms with Gasteiger partial charge >= 0.3 is 0 Å².